The molecule has 0 fully saturated rings. The molecular formula is C39H72INO4. The van der Waals surface area contributed by atoms with Gasteiger partial charge in [0.1, 0.15) is 0 Å². The van der Waals surface area contributed by atoms with Gasteiger partial charge in [-0.2, -0.15) is 0 Å². The lowest BCUT2D eigenvalue weighted by atomic mass is 10.1. The van der Waals surface area contributed by atoms with Gasteiger partial charge in [0.2, 0.25) is 15.6 Å². The summed E-state index contributed by atoms with van der Waals surface area (Å²) in [7, 11) is 0. The van der Waals surface area contributed by atoms with Gasteiger partial charge in [0.15, 0.2) is 0 Å². The van der Waals surface area contributed by atoms with Crippen molar-refractivity contribution in [2.45, 2.75) is 204 Å². The monoisotopic (exact) mass is 745 g/mol. The summed E-state index contributed by atoms with van der Waals surface area (Å²) in [5, 5.41) is 19.5. The average Bonchev–Trinajstić information content (AvgIpc) is 3.00. The SMILES string of the molecule is CCCCCCCC/C=C\CCCCCCCC(=O)N(CCC(O)(O)I)C(=O)CCCCCCC/C=C\CCCCCCCC. The second kappa shape index (κ2) is 33.2. The van der Waals surface area contributed by atoms with Crippen molar-refractivity contribution in [1.82, 2.24) is 4.90 Å². The lowest BCUT2D eigenvalue weighted by molar-refractivity contribution is -0.146. The van der Waals surface area contributed by atoms with Crippen molar-refractivity contribution in [1.29, 1.82) is 0 Å². The quantitative estimate of drug-likeness (QED) is 0.0231. The predicted molar refractivity (Wildman–Crippen MR) is 201 cm³/mol. The third-order valence-corrected chi connectivity index (χ3v) is 9.10. The van der Waals surface area contributed by atoms with Crippen LogP contribution in [0.3, 0.4) is 0 Å². The zero-order valence-corrected chi connectivity index (χ0v) is 31.7. The molecule has 0 spiro atoms. The molecule has 0 rings (SSSR count). The molecular weight excluding hydrogens is 673 g/mol. The van der Waals surface area contributed by atoms with Crippen LogP contribution in [0.15, 0.2) is 24.3 Å². The number of hydrogen-bond donors (Lipinski definition) is 2. The number of allylic oxidation sites excluding steroid dienone is 4. The molecule has 0 radical (unpaired) electrons. The smallest absolute Gasteiger partial charge is 0.229 e. The van der Waals surface area contributed by atoms with Gasteiger partial charge < -0.3 is 10.2 Å². The van der Waals surface area contributed by atoms with E-state index >= 15 is 0 Å². The first-order valence-corrected chi connectivity index (χ1v) is 20.2. The van der Waals surface area contributed by atoms with Gasteiger partial charge in [0, 0.05) is 25.8 Å². The molecule has 0 aliphatic carbocycles. The number of rotatable bonds is 33. The van der Waals surface area contributed by atoms with E-state index in [2.05, 4.69) is 38.2 Å². The summed E-state index contributed by atoms with van der Waals surface area (Å²) in [5.74, 6) is -0.350. The Labute approximate surface area is 292 Å². The second-order valence-corrected chi connectivity index (χ2v) is 14.8. The Morgan fingerprint density at radius 2 is 0.800 bits per heavy atom. The van der Waals surface area contributed by atoms with Gasteiger partial charge in [0.05, 0.1) is 0 Å². The molecule has 0 heterocycles. The molecule has 0 saturated heterocycles. The summed E-state index contributed by atoms with van der Waals surface area (Å²) in [6.07, 6.45) is 41.2. The second-order valence-electron chi connectivity index (χ2n) is 13.1. The highest BCUT2D eigenvalue weighted by atomic mass is 127. The first-order chi connectivity index (χ1) is 21.8. The highest BCUT2D eigenvalue weighted by molar-refractivity contribution is 14.1. The van der Waals surface area contributed by atoms with Gasteiger partial charge in [-0.15, -0.1) is 0 Å². The number of amides is 2. The summed E-state index contributed by atoms with van der Waals surface area (Å²) in [4.78, 5) is 27.1. The summed E-state index contributed by atoms with van der Waals surface area (Å²) < 4.78 is -1.91. The van der Waals surface area contributed by atoms with E-state index in [1.54, 1.807) is 0 Å². The Kier molecular flexibility index (Phi) is 32.6. The van der Waals surface area contributed by atoms with E-state index in [1.807, 2.05) is 0 Å². The zero-order chi connectivity index (χ0) is 33.3. The van der Waals surface area contributed by atoms with Crippen molar-refractivity contribution < 1.29 is 19.8 Å². The number of carbonyl (C=O) groups excluding carboxylic acids is 2. The first-order valence-electron chi connectivity index (χ1n) is 19.1. The summed E-state index contributed by atoms with van der Waals surface area (Å²) >= 11 is 1.54. The van der Waals surface area contributed by atoms with E-state index in [4.69, 9.17) is 0 Å². The number of hydrogen-bond acceptors (Lipinski definition) is 4. The van der Waals surface area contributed by atoms with Crippen LogP contribution in [-0.4, -0.2) is 37.3 Å². The molecule has 6 heteroatoms. The minimum absolute atomic E-state index is 0.0379. The van der Waals surface area contributed by atoms with Crippen LogP contribution in [-0.2, 0) is 9.59 Å². The molecule has 0 unspecified atom stereocenters. The number of carbonyl (C=O) groups is 2. The lowest BCUT2D eigenvalue weighted by Gasteiger charge is -2.23. The number of imide groups is 1. The molecule has 5 nitrogen and oxygen atoms in total. The standard InChI is InChI=1S/C39H72INO4/c1-3-5-7-9-11-13-15-17-19-21-23-25-27-29-31-33-37(42)41(36-35-39(40,44)45)38(43)34-32-30-28-26-24-22-20-18-16-14-12-10-8-6-4-2/h17-20,44-45H,3-16,21-36H2,1-2H3/b19-17-,20-18-. The highest BCUT2D eigenvalue weighted by Gasteiger charge is 2.25. The van der Waals surface area contributed by atoms with Crippen LogP contribution in [0.4, 0.5) is 0 Å². The molecule has 0 aromatic heterocycles. The zero-order valence-electron chi connectivity index (χ0n) is 29.6. The topological polar surface area (TPSA) is 77.8 Å². The molecule has 0 atom stereocenters. The van der Waals surface area contributed by atoms with E-state index in [1.165, 1.54) is 143 Å². The van der Waals surface area contributed by atoms with Crippen LogP contribution in [0.5, 0.6) is 0 Å². The summed E-state index contributed by atoms with van der Waals surface area (Å²) in [6.45, 7) is 4.57. The first kappa shape index (κ1) is 44.3. The Morgan fingerprint density at radius 3 is 1.11 bits per heavy atom. The molecule has 0 aromatic carbocycles. The fraction of sp³-hybridized carbons (Fsp3) is 0.846. The number of unbranched alkanes of at least 4 members (excludes halogenated alkanes) is 22. The molecule has 2 amide bonds. The van der Waals surface area contributed by atoms with Crippen molar-refractivity contribution in [2.75, 3.05) is 6.54 Å². The molecule has 0 aromatic rings. The fourth-order valence-corrected chi connectivity index (χ4v) is 5.85. The Balaban J connectivity index is 4.04. The van der Waals surface area contributed by atoms with Crippen LogP contribution in [0, 0.1) is 0 Å². The Hall–Kier alpha value is -0.730. The van der Waals surface area contributed by atoms with E-state index in [0.29, 0.717) is 12.8 Å². The van der Waals surface area contributed by atoms with Crippen molar-refractivity contribution in [3.05, 3.63) is 24.3 Å². The van der Waals surface area contributed by atoms with Gasteiger partial charge in [0.25, 0.3) is 0 Å². The van der Waals surface area contributed by atoms with Crippen molar-refractivity contribution in [3.8, 4) is 0 Å². The third-order valence-electron chi connectivity index (χ3n) is 8.56. The van der Waals surface area contributed by atoms with Gasteiger partial charge in [-0.25, -0.2) is 0 Å². The van der Waals surface area contributed by atoms with Crippen molar-refractivity contribution >= 4 is 34.4 Å². The molecule has 0 aliphatic heterocycles. The largest absolute Gasteiger partial charge is 0.358 e. The van der Waals surface area contributed by atoms with Crippen LogP contribution in [0.1, 0.15) is 200 Å². The summed E-state index contributed by atoms with van der Waals surface area (Å²) in [6, 6.07) is 0. The maximum Gasteiger partial charge on any atom is 0.229 e. The van der Waals surface area contributed by atoms with E-state index in [-0.39, 0.29) is 24.8 Å². The fourth-order valence-electron chi connectivity index (χ4n) is 5.61. The van der Waals surface area contributed by atoms with Gasteiger partial charge >= 0.3 is 0 Å². The van der Waals surface area contributed by atoms with Crippen LogP contribution < -0.4 is 0 Å². The predicted octanol–water partition coefficient (Wildman–Crippen LogP) is 11.9. The highest BCUT2D eigenvalue weighted by Crippen LogP contribution is 2.18. The summed E-state index contributed by atoms with van der Waals surface area (Å²) in [5.41, 5.74) is 0. The molecule has 0 bridgehead atoms. The molecule has 0 saturated carbocycles. The Bertz CT molecular complexity index is 679. The van der Waals surface area contributed by atoms with Crippen LogP contribution in [0.25, 0.3) is 0 Å². The number of nitrogens with zero attached hydrogens (tertiary/aromatic N) is 1. The van der Waals surface area contributed by atoms with E-state index in [0.717, 1.165) is 51.4 Å². The number of aliphatic hydroxyl groups is 2. The van der Waals surface area contributed by atoms with Crippen LogP contribution in [0.2, 0.25) is 0 Å². The lowest BCUT2D eigenvalue weighted by Crippen LogP contribution is -2.40. The number of halogens is 1. The maximum absolute atomic E-state index is 12.9. The minimum Gasteiger partial charge on any atom is -0.358 e. The van der Waals surface area contributed by atoms with Gasteiger partial charge in [-0.1, -0.05) is 141 Å². The molecule has 264 valence electrons. The van der Waals surface area contributed by atoms with E-state index in [9.17, 15) is 19.8 Å². The minimum atomic E-state index is -1.91. The third kappa shape index (κ3) is 33.0. The Morgan fingerprint density at radius 1 is 0.511 bits per heavy atom. The average molecular weight is 746 g/mol. The van der Waals surface area contributed by atoms with Crippen molar-refractivity contribution in [2.24, 2.45) is 0 Å². The normalized spacial score (nSPS) is 12.1. The van der Waals surface area contributed by atoms with Gasteiger partial charge in [-0.05, 0) is 86.8 Å². The molecule has 45 heavy (non-hydrogen) atoms. The number of alkyl halides is 1. The molecule has 2 N–H and O–H groups in total. The van der Waals surface area contributed by atoms with E-state index < -0.39 is 3.79 Å². The van der Waals surface area contributed by atoms with Crippen molar-refractivity contribution in [3.63, 3.8) is 0 Å². The van der Waals surface area contributed by atoms with Crippen LogP contribution >= 0.6 is 22.6 Å². The maximum atomic E-state index is 12.9. The van der Waals surface area contributed by atoms with Gasteiger partial charge in [-0.3, -0.25) is 14.5 Å². The molecule has 0 aliphatic rings.